The number of nitrogens with zero attached hydrogens (tertiary/aromatic N) is 4. The zero-order chi connectivity index (χ0) is 19.2. The average molecular weight is 365 g/mol. The molecule has 6 nitrogen and oxygen atoms in total. The first-order valence-electron chi connectivity index (χ1n) is 9.73. The van der Waals surface area contributed by atoms with Gasteiger partial charge in [-0.2, -0.15) is 0 Å². The maximum absolute atomic E-state index is 12.9. The highest BCUT2D eigenvalue weighted by molar-refractivity contribution is 6.09. The molecule has 1 amide bonds. The molecule has 0 unspecified atom stereocenters. The number of anilines is 1. The fraction of sp³-hybridized carbons (Fsp3) is 0.476. The van der Waals surface area contributed by atoms with Crippen molar-refractivity contribution < 1.29 is 4.79 Å². The smallest absolute Gasteiger partial charge is 0.237 e. The number of imidazole rings is 2. The molecular formula is C21H27N5O. The molecule has 4 rings (SSSR count). The Morgan fingerprint density at radius 3 is 2.74 bits per heavy atom. The molecule has 27 heavy (non-hydrogen) atoms. The van der Waals surface area contributed by atoms with E-state index >= 15 is 0 Å². The maximum Gasteiger partial charge on any atom is 0.237 e. The van der Waals surface area contributed by atoms with Crippen LogP contribution in [-0.4, -0.2) is 32.0 Å². The van der Waals surface area contributed by atoms with E-state index in [9.17, 15) is 4.79 Å². The SMILES string of the molecule is CCCCN1C(=O)C(C)(C)c2cc3[nH]c(CCc4nccn4C)nc3cc21. The van der Waals surface area contributed by atoms with E-state index in [4.69, 9.17) is 4.98 Å². The second kappa shape index (κ2) is 6.51. The minimum Gasteiger partial charge on any atom is -0.342 e. The van der Waals surface area contributed by atoms with E-state index in [1.54, 1.807) is 0 Å². The third-order valence-electron chi connectivity index (χ3n) is 5.63. The Balaban J connectivity index is 1.66. The van der Waals surface area contributed by atoms with Crippen molar-refractivity contribution in [1.82, 2.24) is 19.5 Å². The largest absolute Gasteiger partial charge is 0.342 e. The summed E-state index contributed by atoms with van der Waals surface area (Å²) in [6.45, 7) is 6.96. The van der Waals surface area contributed by atoms with Gasteiger partial charge in [0.25, 0.3) is 0 Å². The number of benzene rings is 1. The van der Waals surface area contributed by atoms with Crippen LogP contribution in [0.15, 0.2) is 24.5 Å². The minimum atomic E-state index is -0.491. The highest BCUT2D eigenvalue weighted by atomic mass is 16.2. The van der Waals surface area contributed by atoms with Crippen LogP contribution in [0.3, 0.4) is 0 Å². The molecule has 3 heterocycles. The Morgan fingerprint density at radius 2 is 2.04 bits per heavy atom. The Hall–Kier alpha value is -2.63. The van der Waals surface area contributed by atoms with Gasteiger partial charge in [0.2, 0.25) is 5.91 Å². The molecule has 0 bridgehead atoms. The fourth-order valence-corrected chi connectivity index (χ4v) is 3.91. The van der Waals surface area contributed by atoms with Gasteiger partial charge >= 0.3 is 0 Å². The number of aromatic amines is 1. The summed E-state index contributed by atoms with van der Waals surface area (Å²) >= 11 is 0. The van der Waals surface area contributed by atoms with Crippen molar-refractivity contribution in [3.8, 4) is 0 Å². The first-order valence-corrected chi connectivity index (χ1v) is 9.73. The van der Waals surface area contributed by atoms with E-state index < -0.39 is 5.41 Å². The Kier molecular flexibility index (Phi) is 4.29. The molecule has 0 aliphatic carbocycles. The fourth-order valence-electron chi connectivity index (χ4n) is 3.91. The van der Waals surface area contributed by atoms with E-state index in [0.717, 1.165) is 66.2 Å². The van der Waals surface area contributed by atoms with Crippen LogP contribution in [0.4, 0.5) is 5.69 Å². The number of unbranched alkanes of at least 4 members (excludes halogenated alkanes) is 1. The topological polar surface area (TPSA) is 66.8 Å². The predicted molar refractivity (Wildman–Crippen MR) is 107 cm³/mol. The molecule has 3 aromatic rings. The van der Waals surface area contributed by atoms with Gasteiger partial charge < -0.3 is 14.5 Å². The van der Waals surface area contributed by atoms with Gasteiger partial charge in [0.15, 0.2) is 0 Å². The first kappa shape index (κ1) is 17.8. The zero-order valence-electron chi connectivity index (χ0n) is 16.5. The lowest BCUT2D eigenvalue weighted by Crippen LogP contribution is -2.36. The summed E-state index contributed by atoms with van der Waals surface area (Å²) in [5.41, 5.74) is 3.55. The van der Waals surface area contributed by atoms with Gasteiger partial charge in [-0.3, -0.25) is 4.79 Å². The highest BCUT2D eigenvalue weighted by Crippen LogP contribution is 2.43. The third-order valence-corrected chi connectivity index (χ3v) is 5.63. The van der Waals surface area contributed by atoms with Gasteiger partial charge in [-0.15, -0.1) is 0 Å². The van der Waals surface area contributed by atoms with Crippen molar-refractivity contribution in [1.29, 1.82) is 0 Å². The van der Waals surface area contributed by atoms with Gasteiger partial charge in [-0.1, -0.05) is 13.3 Å². The lowest BCUT2D eigenvalue weighted by atomic mass is 9.86. The quantitative estimate of drug-likeness (QED) is 0.727. The number of aromatic nitrogens is 4. The second-order valence-corrected chi connectivity index (χ2v) is 7.96. The van der Waals surface area contributed by atoms with Crippen molar-refractivity contribution in [2.24, 2.45) is 7.05 Å². The van der Waals surface area contributed by atoms with Crippen LogP contribution in [0.5, 0.6) is 0 Å². The van der Waals surface area contributed by atoms with E-state index in [1.165, 1.54) is 0 Å². The molecule has 0 spiro atoms. The molecule has 0 atom stereocenters. The number of carbonyl (C=O) groups is 1. The molecule has 0 fully saturated rings. The van der Waals surface area contributed by atoms with E-state index in [1.807, 2.05) is 42.8 Å². The lowest BCUT2D eigenvalue weighted by Gasteiger charge is -2.20. The Morgan fingerprint density at radius 1 is 1.22 bits per heavy atom. The number of carbonyl (C=O) groups excluding carboxylic acids is 1. The number of hydrogen-bond donors (Lipinski definition) is 1. The van der Waals surface area contributed by atoms with E-state index in [-0.39, 0.29) is 5.91 Å². The second-order valence-electron chi connectivity index (χ2n) is 7.96. The van der Waals surface area contributed by atoms with Gasteiger partial charge in [0.1, 0.15) is 11.6 Å². The van der Waals surface area contributed by atoms with E-state index in [2.05, 4.69) is 29.0 Å². The standard InChI is InChI=1S/C21H27N5O/c1-5-6-10-26-17-13-16-15(12-14(17)21(2,3)20(26)27)23-18(24-16)7-8-19-22-9-11-25(19)4/h9,11-13H,5-8,10H2,1-4H3,(H,23,24). The van der Waals surface area contributed by atoms with Crippen molar-refractivity contribution in [2.45, 2.75) is 51.9 Å². The summed E-state index contributed by atoms with van der Waals surface area (Å²) in [5.74, 6) is 2.20. The highest BCUT2D eigenvalue weighted by Gasteiger charge is 2.43. The molecule has 6 heteroatoms. The molecule has 0 radical (unpaired) electrons. The average Bonchev–Trinajstić information content (AvgIpc) is 3.28. The van der Waals surface area contributed by atoms with Crippen molar-refractivity contribution in [3.05, 3.63) is 41.7 Å². The number of rotatable bonds is 6. The van der Waals surface area contributed by atoms with Crippen LogP contribution >= 0.6 is 0 Å². The number of aryl methyl sites for hydroxylation is 3. The van der Waals surface area contributed by atoms with Gasteiger partial charge in [0, 0.05) is 38.8 Å². The van der Waals surface area contributed by atoms with Crippen LogP contribution in [-0.2, 0) is 30.1 Å². The number of amides is 1. The molecule has 1 aliphatic rings. The molecule has 1 aromatic carbocycles. The van der Waals surface area contributed by atoms with Crippen LogP contribution in [0.2, 0.25) is 0 Å². The summed E-state index contributed by atoms with van der Waals surface area (Å²) in [4.78, 5) is 27.4. The number of nitrogens with one attached hydrogen (secondary N) is 1. The zero-order valence-corrected chi connectivity index (χ0v) is 16.5. The van der Waals surface area contributed by atoms with Crippen LogP contribution in [0.25, 0.3) is 11.0 Å². The summed E-state index contributed by atoms with van der Waals surface area (Å²) in [6, 6.07) is 4.19. The third kappa shape index (κ3) is 2.93. The molecule has 1 N–H and O–H groups in total. The van der Waals surface area contributed by atoms with Crippen LogP contribution < -0.4 is 4.90 Å². The lowest BCUT2D eigenvalue weighted by molar-refractivity contribution is -0.122. The Bertz CT molecular complexity index is 997. The van der Waals surface area contributed by atoms with Crippen LogP contribution in [0, 0.1) is 0 Å². The van der Waals surface area contributed by atoms with Crippen molar-refractivity contribution in [2.75, 3.05) is 11.4 Å². The van der Waals surface area contributed by atoms with Crippen LogP contribution in [0.1, 0.15) is 50.8 Å². The summed E-state index contributed by atoms with van der Waals surface area (Å²) < 4.78 is 2.04. The molecule has 1 aliphatic heterocycles. The normalized spacial score (nSPS) is 15.7. The molecule has 2 aromatic heterocycles. The van der Waals surface area contributed by atoms with Gasteiger partial charge in [0.05, 0.1) is 22.1 Å². The molecular weight excluding hydrogens is 338 g/mol. The number of H-pyrrole nitrogens is 1. The number of hydrogen-bond acceptors (Lipinski definition) is 3. The van der Waals surface area contributed by atoms with Crippen molar-refractivity contribution >= 4 is 22.6 Å². The van der Waals surface area contributed by atoms with Gasteiger partial charge in [-0.25, -0.2) is 9.97 Å². The van der Waals surface area contributed by atoms with Gasteiger partial charge in [-0.05, 0) is 38.0 Å². The van der Waals surface area contributed by atoms with E-state index in [0.29, 0.717) is 0 Å². The van der Waals surface area contributed by atoms with Crippen molar-refractivity contribution in [3.63, 3.8) is 0 Å². The number of fused-ring (bicyclic) bond motifs is 2. The maximum atomic E-state index is 12.9. The first-order chi connectivity index (χ1) is 12.9. The predicted octanol–water partition coefficient (Wildman–Crippen LogP) is 3.51. The monoisotopic (exact) mass is 365 g/mol. The summed E-state index contributed by atoms with van der Waals surface area (Å²) in [5, 5.41) is 0. The molecule has 0 saturated carbocycles. The summed E-state index contributed by atoms with van der Waals surface area (Å²) in [7, 11) is 2.01. The Labute approximate surface area is 159 Å². The minimum absolute atomic E-state index is 0.189. The molecule has 142 valence electrons. The summed E-state index contributed by atoms with van der Waals surface area (Å²) in [6.07, 6.45) is 7.52. The molecule has 0 saturated heterocycles.